The summed E-state index contributed by atoms with van der Waals surface area (Å²) in [7, 11) is 4.87. The molecule has 0 aliphatic rings. The Labute approximate surface area is 117 Å². The standard InChI is InChI=1S/C14H16FN3O2/c1-18(9-10-5-4-6-11(15)7-10)14-16-12(19-2)8-13(17-14)20-3/h4-8H,9H2,1-3H3. The number of anilines is 1. The van der Waals surface area contributed by atoms with Gasteiger partial charge in [-0.1, -0.05) is 12.1 Å². The van der Waals surface area contributed by atoms with Crippen molar-refractivity contribution in [3.8, 4) is 11.8 Å². The Morgan fingerprint density at radius 3 is 2.30 bits per heavy atom. The smallest absolute Gasteiger partial charge is 0.232 e. The summed E-state index contributed by atoms with van der Waals surface area (Å²) in [5, 5.41) is 0. The molecule has 0 aliphatic carbocycles. The Hall–Kier alpha value is -2.37. The Morgan fingerprint density at radius 1 is 1.10 bits per heavy atom. The van der Waals surface area contributed by atoms with Gasteiger partial charge in [0.15, 0.2) is 0 Å². The van der Waals surface area contributed by atoms with Crippen molar-refractivity contribution in [1.29, 1.82) is 0 Å². The minimum absolute atomic E-state index is 0.264. The molecule has 0 bridgehead atoms. The maximum absolute atomic E-state index is 13.2. The van der Waals surface area contributed by atoms with Gasteiger partial charge in [-0.2, -0.15) is 9.97 Å². The molecule has 0 aliphatic heterocycles. The molecule has 6 heteroatoms. The summed E-state index contributed by atoms with van der Waals surface area (Å²) in [5.74, 6) is 1.02. The van der Waals surface area contributed by atoms with Gasteiger partial charge in [-0.25, -0.2) is 4.39 Å². The highest BCUT2D eigenvalue weighted by Gasteiger charge is 2.10. The van der Waals surface area contributed by atoms with Gasteiger partial charge in [0.05, 0.1) is 20.3 Å². The van der Waals surface area contributed by atoms with Crippen LogP contribution >= 0.6 is 0 Å². The van der Waals surface area contributed by atoms with E-state index in [4.69, 9.17) is 9.47 Å². The first-order valence-corrected chi connectivity index (χ1v) is 6.05. The number of ether oxygens (including phenoxy) is 2. The zero-order valence-corrected chi connectivity index (χ0v) is 11.6. The fraction of sp³-hybridized carbons (Fsp3) is 0.286. The summed E-state index contributed by atoms with van der Waals surface area (Å²) in [4.78, 5) is 10.3. The maximum Gasteiger partial charge on any atom is 0.232 e. The average Bonchev–Trinajstić information content (AvgIpc) is 2.46. The van der Waals surface area contributed by atoms with Gasteiger partial charge in [-0.15, -0.1) is 0 Å². The molecule has 1 heterocycles. The number of hydrogen-bond acceptors (Lipinski definition) is 5. The van der Waals surface area contributed by atoms with E-state index in [1.165, 1.54) is 26.4 Å². The number of methoxy groups -OCH3 is 2. The molecule has 5 nitrogen and oxygen atoms in total. The third-order valence-corrected chi connectivity index (χ3v) is 2.74. The summed E-state index contributed by atoms with van der Waals surface area (Å²) in [6, 6.07) is 8.00. The fourth-order valence-corrected chi connectivity index (χ4v) is 1.75. The van der Waals surface area contributed by atoms with E-state index in [2.05, 4.69) is 9.97 Å². The molecule has 0 unspecified atom stereocenters. The summed E-state index contributed by atoms with van der Waals surface area (Å²) in [5.41, 5.74) is 0.831. The van der Waals surface area contributed by atoms with Gasteiger partial charge in [0.25, 0.3) is 0 Å². The predicted molar refractivity (Wildman–Crippen MR) is 73.6 cm³/mol. The Morgan fingerprint density at radius 2 is 1.75 bits per heavy atom. The summed E-state index contributed by atoms with van der Waals surface area (Å²) in [6.07, 6.45) is 0. The lowest BCUT2D eigenvalue weighted by atomic mass is 10.2. The first-order chi connectivity index (χ1) is 9.62. The largest absolute Gasteiger partial charge is 0.481 e. The molecule has 0 spiro atoms. The highest BCUT2D eigenvalue weighted by atomic mass is 19.1. The van der Waals surface area contributed by atoms with Crippen LogP contribution in [0.2, 0.25) is 0 Å². The van der Waals surface area contributed by atoms with Crippen molar-refractivity contribution in [3.05, 3.63) is 41.7 Å². The van der Waals surface area contributed by atoms with Crippen LogP contribution < -0.4 is 14.4 Å². The van der Waals surface area contributed by atoms with E-state index >= 15 is 0 Å². The molecule has 0 N–H and O–H groups in total. The first kappa shape index (κ1) is 14.0. The summed E-state index contributed by atoms with van der Waals surface area (Å²) < 4.78 is 23.4. The van der Waals surface area contributed by atoms with Crippen molar-refractivity contribution < 1.29 is 13.9 Å². The van der Waals surface area contributed by atoms with E-state index in [0.717, 1.165) is 5.56 Å². The van der Waals surface area contributed by atoms with E-state index in [0.29, 0.717) is 24.3 Å². The molecular formula is C14H16FN3O2. The molecule has 1 aromatic carbocycles. The van der Waals surface area contributed by atoms with Crippen LogP contribution in [-0.4, -0.2) is 31.2 Å². The Kier molecular flexibility index (Phi) is 4.34. The number of halogens is 1. The first-order valence-electron chi connectivity index (χ1n) is 6.05. The third kappa shape index (κ3) is 3.34. The average molecular weight is 277 g/mol. The lowest BCUT2D eigenvalue weighted by molar-refractivity contribution is 0.371. The van der Waals surface area contributed by atoms with Gasteiger partial charge >= 0.3 is 0 Å². The second-order valence-electron chi connectivity index (χ2n) is 4.24. The van der Waals surface area contributed by atoms with Crippen molar-refractivity contribution in [2.24, 2.45) is 0 Å². The fourth-order valence-electron chi connectivity index (χ4n) is 1.75. The van der Waals surface area contributed by atoms with Crippen LogP contribution in [0.3, 0.4) is 0 Å². The molecule has 1 aromatic heterocycles. The highest BCUT2D eigenvalue weighted by Crippen LogP contribution is 2.20. The van der Waals surface area contributed by atoms with Crippen LogP contribution in [-0.2, 0) is 6.54 Å². The predicted octanol–water partition coefficient (Wildman–Crippen LogP) is 2.27. The molecule has 0 saturated carbocycles. The number of nitrogens with zero attached hydrogens (tertiary/aromatic N) is 3. The normalized spacial score (nSPS) is 10.2. The van der Waals surface area contributed by atoms with Gasteiger partial charge in [-0.05, 0) is 17.7 Å². The van der Waals surface area contributed by atoms with Crippen molar-refractivity contribution in [2.45, 2.75) is 6.54 Å². The second kappa shape index (κ2) is 6.18. The van der Waals surface area contributed by atoms with Crippen LogP contribution in [0.25, 0.3) is 0 Å². The zero-order valence-electron chi connectivity index (χ0n) is 11.6. The van der Waals surface area contributed by atoms with Crippen molar-refractivity contribution in [2.75, 3.05) is 26.2 Å². The van der Waals surface area contributed by atoms with Crippen LogP contribution in [0.4, 0.5) is 10.3 Å². The molecule has 2 rings (SSSR count). The van der Waals surface area contributed by atoms with Gasteiger partial charge in [0.2, 0.25) is 17.7 Å². The molecule has 0 amide bonds. The van der Waals surface area contributed by atoms with Crippen LogP contribution in [0.5, 0.6) is 11.8 Å². The number of benzene rings is 1. The van der Waals surface area contributed by atoms with Crippen LogP contribution in [0.15, 0.2) is 30.3 Å². The number of aromatic nitrogens is 2. The molecular weight excluding hydrogens is 261 g/mol. The SMILES string of the molecule is COc1cc(OC)nc(N(C)Cc2cccc(F)c2)n1. The van der Waals surface area contributed by atoms with E-state index in [9.17, 15) is 4.39 Å². The van der Waals surface area contributed by atoms with E-state index in [-0.39, 0.29) is 5.82 Å². The van der Waals surface area contributed by atoms with E-state index < -0.39 is 0 Å². The number of rotatable bonds is 5. The minimum Gasteiger partial charge on any atom is -0.481 e. The van der Waals surface area contributed by atoms with Crippen LogP contribution in [0, 0.1) is 5.82 Å². The van der Waals surface area contributed by atoms with Gasteiger partial charge in [0, 0.05) is 13.6 Å². The summed E-state index contributed by atoms with van der Waals surface area (Å²) in [6.45, 7) is 0.480. The molecule has 0 radical (unpaired) electrons. The zero-order chi connectivity index (χ0) is 14.5. The van der Waals surface area contributed by atoms with Crippen molar-refractivity contribution >= 4 is 5.95 Å². The van der Waals surface area contributed by atoms with Crippen molar-refractivity contribution in [1.82, 2.24) is 9.97 Å². The third-order valence-electron chi connectivity index (χ3n) is 2.74. The lowest BCUT2D eigenvalue weighted by Gasteiger charge is -2.18. The Bertz CT molecular complexity index is 570. The minimum atomic E-state index is -0.264. The second-order valence-corrected chi connectivity index (χ2v) is 4.24. The maximum atomic E-state index is 13.2. The summed E-state index contributed by atoms with van der Waals surface area (Å²) >= 11 is 0. The topological polar surface area (TPSA) is 47.5 Å². The molecule has 0 atom stereocenters. The molecule has 2 aromatic rings. The monoisotopic (exact) mass is 277 g/mol. The molecule has 106 valence electrons. The molecule has 0 saturated heterocycles. The van der Waals surface area contributed by atoms with Gasteiger partial charge < -0.3 is 14.4 Å². The quantitative estimate of drug-likeness (QED) is 0.839. The molecule has 0 fully saturated rings. The van der Waals surface area contributed by atoms with E-state index in [1.54, 1.807) is 17.0 Å². The highest BCUT2D eigenvalue weighted by molar-refractivity contribution is 5.37. The van der Waals surface area contributed by atoms with Crippen molar-refractivity contribution in [3.63, 3.8) is 0 Å². The van der Waals surface area contributed by atoms with E-state index in [1.807, 2.05) is 13.1 Å². The lowest BCUT2D eigenvalue weighted by Crippen LogP contribution is -2.19. The Balaban J connectivity index is 2.22. The van der Waals surface area contributed by atoms with Gasteiger partial charge in [0.1, 0.15) is 5.82 Å². The number of hydrogen-bond donors (Lipinski definition) is 0. The van der Waals surface area contributed by atoms with Crippen LogP contribution in [0.1, 0.15) is 5.56 Å². The molecule has 20 heavy (non-hydrogen) atoms. The van der Waals surface area contributed by atoms with Gasteiger partial charge in [-0.3, -0.25) is 0 Å².